The summed E-state index contributed by atoms with van der Waals surface area (Å²) in [6, 6.07) is 4.67. The Morgan fingerprint density at radius 2 is 1.83 bits per heavy atom. The molecule has 0 radical (unpaired) electrons. The first-order valence-corrected chi connectivity index (χ1v) is 6.35. The van der Waals surface area contributed by atoms with Gasteiger partial charge in [-0.25, -0.2) is 0 Å². The van der Waals surface area contributed by atoms with Crippen LogP contribution in [0.5, 0.6) is 5.75 Å². The van der Waals surface area contributed by atoms with Crippen molar-refractivity contribution < 1.29 is 9.90 Å². The van der Waals surface area contributed by atoms with Crippen LogP contribution in [0.1, 0.15) is 27.7 Å². The second kappa shape index (κ2) is 3.89. The van der Waals surface area contributed by atoms with Crippen LogP contribution in [0.2, 0.25) is 5.02 Å². The van der Waals surface area contributed by atoms with E-state index in [-0.39, 0.29) is 33.4 Å². The summed E-state index contributed by atoms with van der Waals surface area (Å²) in [7, 11) is 0. The van der Waals surface area contributed by atoms with E-state index in [2.05, 4.69) is 33.0 Å². The molecule has 0 aliphatic heterocycles. The monoisotopic (exact) mass is 267 g/mol. The highest BCUT2D eigenvalue weighted by atomic mass is 35.5. The minimum Gasteiger partial charge on any atom is -0.506 e. The third kappa shape index (κ3) is 1.87. The smallest absolute Gasteiger partial charge is 0.228 e. The lowest BCUT2D eigenvalue weighted by atomic mass is 10.0. The number of phenolic OH excluding ortho intramolecular Hbond substituents is 1. The molecule has 0 spiro atoms. The maximum absolute atomic E-state index is 12.2. The normalized spacial score (nSPS) is 20.5. The van der Waals surface area contributed by atoms with Crippen molar-refractivity contribution in [3.8, 4) is 5.75 Å². The highest BCUT2D eigenvalue weighted by Gasteiger charge is 2.68. The molecule has 0 atom stereocenters. The summed E-state index contributed by atoms with van der Waals surface area (Å²) in [5, 5.41) is 12.4. The number of aromatic hydroxyl groups is 1. The van der Waals surface area contributed by atoms with E-state index in [9.17, 15) is 9.90 Å². The number of nitrogens with one attached hydrogen (secondary N) is 1. The van der Waals surface area contributed by atoms with Gasteiger partial charge in [0.25, 0.3) is 0 Å². The van der Waals surface area contributed by atoms with Crippen molar-refractivity contribution >= 4 is 23.2 Å². The van der Waals surface area contributed by atoms with Crippen LogP contribution in [0.25, 0.3) is 0 Å². The number of carbonyl (C=O) groups is 1. The minimum atomic E-state index is -0.00224. The Labute approximate surface area is 112 Å². The molecule has 4 heteroatoms. The van der Waals surface area contributed by atoms with Crippen molar-refractivity contribution in [2.45, 2.75) is 27.7 Å². The fraction of sp³-hybridized carbons (Fsp3) is 0.500. The van der Waals surface area contributed by atoms with E-state index in [1.165, 1.54) is 6.07 Å². The van der Waals surface area contributed by atoms with E-state index >= 15 is 0 Å². The number of amides is 1. The first-order valence-electron chi connectivity index (χ1n) is 5.97. The summed E-state index contributed by atoms with van der Waals surface area (Å²) in [6.45, 7) is 8.39. The molecule has 98 valence electrons. The van der Waals surface area contributed by atoms with E-state index < -0.39 is 0 Å². The van der Waals surface area contributed by atoms with Gasteiger partial charge in [-0.15, -0.1) is 0 Å². The van der Waals surface area contributed by atoms with Crippen molar-refractivity contribution in [2.75, 3.05) is 5.32 Å². The van der Waals surface area contributed by atoms with Crippen molar-refractivity contribution in [2.24, 2.45) is 16.7 Å². The van der Waals surface area contributed by atoms with E-state index in [1.807, 2.05) is 0 Å². The van der Waals surface area contributed by atoms with Crippen LogP contribution in [-0.4, -0.2) is 11.0 Å². The Bertz CT molecular complexity index is 495. The minimum absolute atomic E-state index is 0.00224. The lowest BCUT2D eigenvalue weighted by Crippen LogP contribution is -2.17. The second-order valence-electron chi connectivity index (χ2n) is 6.03. The average molecular weight is 268 g/mol. The van der Waals surface area contributed by atoms with Crippen LogP contribution in [0.15, 0.2) is 18.2 Å². The molecule has 1 saturated carbocycles. The summed E-state index contributed by atoms with van der Waals surface area (Å²) in [5.74, 6) is 0.0195. The average Bonchev–Trinajstić information content (AvgIpc) is 2.63. The van der Waals surface area contributed by atoms with Crippen molar-refractivity contribution in [3.05, 3.63) is 23.2 Å². The topological polar surface area (TPSA) is 49.3 Å². The van der Waals surface area contributed by atoms with E-state index in [0.717, 1.165) is 0 Å². The molecule has 1 aliphatic carbocycles. The third-order valence-electron chi connectivity index (χ3n) is 4.50. The summed E-state index contributed by atoms with van der Waals surface area (Å²) >= 11 is 5.80. The molecule has 0 bridgehead atoms. The van der Waals surface area contributed by atoms with Gasteiger partial charge in [0.1, 0.15) is 5.75 Å². The van der Waals surface area contributed by atoms with Crippen LogP contribution in [-0.2, 0) is 4.79 Å². The molecular weight excluding hydrogens is 250 g/mol. The SMILES string of the molecule is CC1(C)C(C(=O)Nc2ccc(O)c(Cl)c2)C1(C)C. The molecule has 0 saturated heterocycles. The molecule has 2 rings (SSSR count). The summed E-state index contributed by atoms with van der Waals surface area (Å²) in [6.07, 6.45) is 0. The number of carbonyl (C=O) groups excluding carboxylic acids is 1. The van der Waals surface area contributed by atoms with Gasteiger partial charge in [-0.05, 0) is 29.0 Å². The number of rotatable bonds is 2. The van der Waals surface area contributed by atoms with Gasteiger partial charge in [-0.1, -0.05) is 39.3 Å². The van der Waals surface area contributed by atoms with Crippen molar-refractivity contribution in [1.29, 1.82) is 0 Å². The Balaban J connectivity index is 2.12. The van der Waals surface area contributed by atoms with Gasteiger partial charge in [-0.2, -0.15) is 0 Å². The highest BCUT2D eigenvalue weighted by Crippen LogP contribution is 2.68. The molecule has 1 fully saturated rings. The van der Waals surface area contributed by atoms with E-state index in [1.54, 1.807) is 12.1 Å². The summed E-state index contributed by atoms with van der Waals surface area (Å²) in [4.78, 5) is 12.2. The number of anilines is 1. The molecule has 1 aromatic rings. The second-order valence-corrected chi connectivity index (χ2v) is 6.44. The lowest BCUT2D eigenvalue weighted by molar-refractivity contribution is -0.118. The maximum atomic E-state index is 12.2. The quantitative estimate of drug-likeness (QED) is 0.804. The first-order chi connectivity index (χ1) is 8.18. The molecule has 1 aromatic carbocycles. The predicted molar refractivity (Wildman–Crippen MR) is 72.8 cm³/mol. The number of hydrogen-bond donors (Lipinski definition) is 2. The Hall–Kier alpha value is -1.22. The van der Waals surface area contributed by atoms with Gasteiger partial charge in [0.05, 0.1) is 5.02 Å². The van der Waals surface area contributed by atoms with E-state index in [4.69, 9.17) is 11.6 Å². The molecule has 2 N–H and O–H groups in total. The van der Waals surface area contributed by atoms with Gasteiger partial charge >= 0.3 is 0 Å². The molecule has 0 aromatic heterocycles. The fourth-order valence-electron chi connectivity index (χ4n) is 2.65. The molecule has 18 heavy (non-hydrogen) atoms. The zero-order valence-electron chi connectivity index (χ0n) is 11.0. The molecule has 3 nitrogen and oxygen atoms in total. The van der Waals surface area contributed by atoms with Gasteiger partial charge in [0.15, 0.2) is 0 Å². The maximum Gasteiger partial charge on any atom is 0.228 e. The van der Waals surface area contributed by atoms with Gasteiger partial charge in [-0.3, -0.25) is 4.79 Å². The van der Waals surface area contributed by atoms with Crippen LogP contribution < -0.4 is 5.32 Å². The Kier molecular flexibility index (Phi) is 2.85. The van der Waals surface area contributed by atoms with Gasteiger partial charge in [0.2, 0.25) is 5.91 Å². The summed E-state index contributed by atoms with van der Waals surface area (Å²) < 4.78 is 0. The molecule has 0 unspecified atom stereocenters. The van der Waals surface area contributed by atoms with Gasteiger partial charge < -0.3 is 10.4 Å². The number of hydrogen-bond acceptors (Lipinski definition) is 2. The Morgan fingerprint density at radius 1 is 1.28 bits per heavy atom. The van der Waals surface area contributed by atoms with Crippen molar-refractivity contribution in [3.63, 3.8) is 0 Å². The highest BCUT2D eigenvalue weighted by molar-refractivity contribution is 6.32. The zero-order chi connectivity index (χ0) is 13.7. The zero-order valence-corrected chi connectivity index (χ0v) is 11.8. The fourth-order valence-corrected chi connectivity index (χ4v) is 2.83. The molecule has 1 aliphatic rings. The Morgan fingerprint density at radius 3 is 2.28 bits per heavy atom. The predicted octanol–water partition coefficient (Wildman–Crippen LogP) is 3.67. The largest absolute Gasteiger partial charge is 0.506 e. The molecule has 1 amide bonds. The van der Waals surface area contributed by atoms with Crippen LogP contribution in [0, 0.1) is 16.7 Å². The third-order valence-corrected chi connectivity index (χ3v) is 4.80. The van der Waals surface area contributed by atoms with Crippen LogP contribution in [0.4, 0.5) is 5.69 Å². The van der Waals surface area contributed by atoms with Crippen LogP contribution >= 0.6 is 11.6 Å². The van der Waals surface area contributed by atoms with Crippen molar-refractivity contribution in [1.82, 2.24) is 0 Å². The lowest BCUT2D eigenvalue weighted by Gasteiger charge is -2.07. The number of phenols is 1. The standard InChI is InChI=1S/C14H18ClNO2/c1-13(2)11(14(13,3)4)12(18)16-8-5-6-10(17)9(15)7-8/h5-7,11,17H,1-4H3,(H,16,18). The van der Waals surface area contributed by atoms with Crippen LogP contribution in [0.3, 0.4) is 0 Å². The number of benzene rings is 1. The molecule has 0 heterocycles. The first kappa shape index (κ1) is 13.2. The molecular formula is C14H18ClNO2. The number of halogens is 1. The van der Waals surface area contributed by atoms with Gasteiger partial charge in [0, 0.05) is 11.6 Å². The summed E-state index contributed by atoms with van der Waals surface area (Å²) in [5.41, 5.74) is 0.636. The van der Waals surface area contributed by atoms with E-state index in [0.29, 0.717) is 5.69 Å².